The summed E-state index contributed by atoms with van der Waals surface area (Å²) in [7, 11) is 2.35. The van der Waals surface area contributed by atoms with Crippen LogP contribution in [0.5, 0.6) is 0 Å². The van der Waals surface area contributed by atoms with Crippen LogP contribution in [-0.2, 0) is 23.9 Å². The summed E-state index contributed by atoms with van der Waals surface area (Å²) in [6, 6.07) is 14.5. The molecule has 2 amide bonds. The van der Waals surface area contributed by atoms with Crippen molar-refractivity contribution in [3.05, 3.63) is 71.8 Å². The third kappa shape index (κ3) is 6.92. The number of carbonyl (C=O) groups is 4. The van der Waals surface area contributed by atoms with Crippen molar-refractivity contribution in [2.24, 2.45) is 0 Å². The van der Waals surface area contributed by atoms with Gasteiger partial charge < -0.3 is 25.2 Å². The van der Waals surface area contributed by atoms with Gasteiger partial charge in [0.1, 0.15) is 6.04 Å². The van der Waals surface area contributed by atoms with Crippen molar-refractivity contribution >= 4 is 23.8 Å². The predicted octanol–water partition coefficient (Wildman–Crippen LogP) is 1.13. The fourth-order valence-electron chi connectivity index (χ4n) is 2.98. The van der Waals surface area contributed by atoms with Crippen molar-refractivity contribution in [1.82, 2.24) is 10.6 Å². The minimum Gasteiger partial charge on any atom is -0.469 e. The molecule has 2 aromatic rings. The van der Waals surface area contributed by atoms with E-state index in [1.165, 1.54) is 7.11 Å². The third-order valence-electron chi connectivity index (χ3n) is 4.73. The van der Waals surface area contributed by atoms with Crippen LogP contribution in [0, 0.1) is 0 Å². The van der Waals surface area contributed by atoms with Gasteiger partial charge in [0.05, 0.1) is 20.3 Å². The number of methoxy groups -OCH3 is 2. The van der Waals surface area contributed by atoms with Gasteiger partial charge in [-0.05, 0) is 24.1 Å². The molecule has 0 spiro atoms. The van der Waals surface area contributed by atoms with E-state index in [-0.39, 0.29) is 12.8 Å². The van der Waals surface area contributed by atoms with Crippen LogP contribution in [0.25, 0.3) is 0 Å². The summed E-state index contributed by atoms with van der Waals surface area (Å²) >= 11 is 0. The third-order valence-corrected chi connectivity index (χ3v) is 4.73. The second kappa shape index (κ2) is 12.2. The number of hydrogen-bond acceptors (Lipinski definition) is 7. The van der Waals surface area contributed by atoms with E-state index in [1.54, 1.807) is 60.7 Å². The lowest BCUT2D eigenvalue weighted by molar-refractivity contribution is -0.147. The zero-order valence-electron chi connectivity index (χ0n) is 17.8. The van der Waals surface area contributed by atoms with Crippen LogP contribution in [0.4, 0.5) is 0 Å². The molecule has 0 aliphatic heterocycles. The van der Waals surface area contributed by atoms with E-state index in [0.717, 1.165) is 7.11 Å². The first-order valence-corrected chi connectivity index (χ1v) is 9.91. The van der Waals surface area contributed by atoms with Crippen molar-refractivity contribution in [3.63, 3.8) is 0 Å². The molecule has 0 aliphatic rings. The van der Waals surface area contributed by atoms with Crippen molar-refractivity contribution in [2.45, 2.75) is 31.0 Å². The lowest BCUT2D eigenvalue weighted by Gasteiger charge is -2.26. The van der Waals surface area contributed by atoms with Gasteiger partial charge in [0.15, 0.2) is 6.10 Å². The van der Waals surface area contributed by atoms with Crippen LogP contribution >= 0.6 is 0 Å². The quantitative estimate of drug-likeness (QED) is 0.470. The topological polar surface area (TPSA) is 131 Å². The maximum atomic E-state index is 12.8. The van der Waals surface area contributed by atoms with Gasteiger partial charge >= 0.3 is 11.9 Å². The molecular formula is C23H26N2O7. The number of carbonyl (C=O) groups excluding carboxylic acids is 4. The largest absolute Gasteiger partial charge is 0.469 e. The van der Waals surface area contributed by atoms with Gasteiger partial charge in [-0.25, -0.2) is 4.79 Å². The highest BCUT2D eigenvalue weighted by Crippen LogP contribution is 2.19. The van der Waals surface area contributed by atoms with Crippen molar-refractivity contribution in [1.29, 1.82) is 0 Å². The Balaban J connectivity index is 2.20. The maximum Gasteiger partial charge on any atom is 0.328 e. The molecule has 0 aromatic heterocycles. The molecule has 0 bridgehead atoms. The summed E-state index contributed by atoms with van der Waals surface area (Å²) < 4.78 is 9.22. The van der Waals surface area contributed by atoms with Gasteiger partial charge in [0.2, 0.25) is 0 Å². The molecule has 0 saturated heterocycles. The smallest absolute Gasteiger partial charge is 0.328 e. The van der Waals surface area contributed by atoms with E-state index in [2.05, 4.69) is 20.1 Å². The van der Waals surface area contributed by atoms with Gasteiger partial charge in [0, 0.05) is 12.0 Å². The van der Waals surface area contributed by atoms with E-state index < -0.39 is 41.9 Å². The summed E-state index contributed by atoms with van der Waals surface area (Å²) in [6.45, 7) is 0. The number of amides is 2. The number of aliphatic hydroxyl groups excluding tert-OH is 1. The summed E-state index contributed by atoms with van der Waals surface area (Å²) in [5.74, 6) is -2.74. The Bertz CT molecular complexity index is 918. The molecule has 9 nitrogen and oxygen atoms in total. The number of hydrogen-bond donors (Lipinski definition) is 3. The molecule has 2 aromatic carbocycles. The zero-order valence-corrected chi connectivity index (χ0v) is 17.8. The Morgan fingerprint density at radius 3 is 2.03 bits per heavy atom. The number of benzene rings is 2. The first-order chi connectivity index (χ1) is 15.4. The average Bonchev–Trinajstić information content (AvgIpc) is 2.84. The highest BCUT2D eigenvalue weighted by molar-refractivity contribution is 5.95. The standard InChI is InChI=1S/C23H26N2O7/c1-31-18(26)14-13-17(23(30)32-2)24-22(29)20(27)19(15-9-5-3-6-10-15)25-21(28)16-11-7-4-8-12-16/h3-12,17,19-20,27H,13-14H2,1-2H3,(H,24,29)(H,25,28)/t17-,19+,20-/m1/s1. The zero-order chi connectivity index (χ0) is 23.5. The molecule has 9 heteroatoms. The highest BCUT2D eigenvalue weighted by Gasteiger charge is 2.32. The van der Waals surface area contributed by atoms with E-state index in [0.29, 0.717) is 11.1 Å². The van der Waals surface area contributed by atoms with Gasteiger partial charge in [-0.3, -0.25) is 14.4 Å². The van der Waals surface area contributed by atoms with Crippen molar-refractivity contribution in [3.8, 4) is 0 Å². The lowest BCUT2D eigenvalue weighted by atomic mass is 9.99. The molecule has 0 heterocycles. The first-order valence-electron chi connectivity index (χ1n) is 9.91. The molecule has 0 radical (unpaired) electrons. The van der Waals surface area contributed by atoms with Crippen LogP contribution in [0.1, 0.15) is 34.8 Å². The van der Waals surface area contributed by atoms with Crippen molar-refractivity contribution in [2.75, 3.05) is 14.2 Å². The fraction of sp³-hybridized carbons (Fsp3) is 0.304. The fourth-order valence-corrected chi connectivity index (χ4v) is 2.98. The van der Waals surface area contributed by atoms with Crippen molar-refractivity contribution < 1.29 is 33.8 Å². The Kier molecular flexibility index (Phi) is 9.37. The molecular weight excluding hydrogens is 416 g/mol. The van der Waals surface area contributed by atoms with Crippen LogP contribution < -0.4 is 10.6 Å². The Morgan fingerprint density at radius 1 is 0.875 bits per heavy atom. The number of esters is 2. The molecule has 0 unspecified atom stereocenters. The Hall–Kier alpha value is -3.72. The highest BCUT2D eigenvalue weighted by atomic mass is 16.5. The summed E-state index contributed by atoms with van der Waals surface area (Å²) in [6.07, 6.45) is -1.95. The van der Waals surface area contributed by atoms with Gasteiger partial charge in [0.25, 0.3) is 11.8 Å². The van der Waals surface area contributed by atoms with E-state index in [4.69, 9.17) is 0 Å². The second-order valence-electron chi connectivity index (χ2n) is 6.87. The SMILES string of the molecule is COC(=O)CC[C@@H](NC(=O)[C@H](O)[C@@H](NC(=O)c1ccccc1)c1ccccc1)C(=O)OC. The molecule has 3 atom stereocenters. The molecule has 32 heavy (non-hydrogen) atoms. The minimum atomic E-state index is -1.73. The number of nitrogens with one attached hydrogen (secondary N) is 2. The average molecular weight is 442 g/mol. The van der Waals surface area contributed by atoms with E-state index in [1.807, 2.05) is 0 Å². The van der Waals surface area contributed by atoms with Crippen LogP contribution in [0.3, 0.4) is 0 Å². The predicted molar refractivity (Wildman–Crippen MR) is 114 cm³/mol. The first kappa shape index (κ1) is 24.5. The number of aliphatic hydroxyl groups is 1. The van der Waals surface area contributed by atoms with Gasteiger partial charge in [-0.1, -0.05) is 48.5 Å². The number of ether oxygens (including phenoxy) is 2. The van der Waals surface area contributed by atoms with E-state index in [9.17, 15) is 24.3 Å². The van der Waals surface area contributed by atoms with Gasteiger partial charge in [-0.15, -0.1) is 0 Å². The number of rotatable bonds is 10. The summed E-state index contributed by atoms with van der Waals surface area (Å²) in [5.41, 5.74) is 0.843. The molecule has 170 valence electrons. The molecule has 3 N–H and O–H groups in total. The van der Waals surface area contributed by atoms with E-state index >= 15 is 0 Å². The molecule has 2 rings (SSSR count). The molecule has 0 saturated carbocycles. The molecule has 0 aliphatic carbocycles. The summed E-state index contributed by atoms with van der Waals surface area (Å²) in [5, 5.41) is 15.8. The maximum absolute atomic E-state index is 12.8. The lowest BCUT2D eigenvalue weighted by Crippen LogP contribution is -2.50. The Morgan fingerprint density at radius 2 is 1.47 bits per heavy atom. The Labute approximate surface area is 185 Å². The monoisotopic (exact) mass is 442 g/mol. The van der Waals surface area contributed by atoms with Crippen LogP contribution in [0.15, 0.2) is 60.7 Å². The second-order valence-corrected chi connectivity index (χ2v) is 6.87. The van der Waals surface area contributed by atoms with Crippen LogP contribution in [-0.4, -0.2) is 55.2 Å². The molecule has 0 fully saturated rings. The van der Waals surface area contributed by atoms with Crippen LogP contribution in [0.2, 0.25) is 0 Å². The summed E-state index contributed by atoms with van der Waals surface area (Å²) in [4.78, 5) is 48.9. The minimum absolute atomic E-state index is 0.0792. The van der Waals surface area contributed by atoms with Gasteiger partial charge in [-0.2, -0.15) is 0 Å². The normalized spacial score (nSPS) is 13.2.